The first-order valence-electron chi connectivity index (χ1n) is 5.80. The van der Waals surface area contributed by atoms with E-state index in [-0.39, 0.29) is 25.2 Å². The number of nitrogens with zero attached hydrogens (tertiary/aromatic N) is 1. The monoisotopic (exact) mass is 257 g/mol. The first-order chi connectivity index (χ1) is 8.24. The van der Waals surface area contributed by atoms with Crippen molar-refractivity contribution in [2.24, 2.45) is 0 Å². The van der Waals surface area contributed by atoms with Crippen LogP contribution in [-0.4, -0.2) is 48.0 Å². The third kappa shape index (κ3) is 3.80. The molecule has 1 heterocycles. The number of rotatable bonds is 2. The summed E-state index contributed by atoms with van der Waals surface area (Å²) in [6, 6.07) is -0.571. The van der Waals surface area contributed by atoms with Crippen LogP contribution in [0.5, 0.6) is 0 Å². The molecule has 0 radical (unpaired) electrons. The van der Waals surface area contributed by atoms with Crippen LogP contribution in [0.4, 0.5) is 4.79 Å². The van der Waals surface area contributed by atoms with Gasteiger partial charge in [0.1, 0.15) is 11.4 Å². The fourth-order valence-electron chi connectivity index (χ4n) is 1.77. The van der Waals surface area contributed by atoms with Crippen LogP contribution in [0, 0.1) is 0 Å². The van der Waals surface area contributed by atoms with Crippen LogP contribution in [0.1, 0.15) is 33.6 Å². The van der Waals surface area contributed by atoms with Gasteiger partial charge in [-0.15, -0.1) is 0 Å². The summed E-state index contributed by atoms with van der Waals surface area (Å²) < 4.78 is 10.1. The van der Waals surface area contributed by atoms with E-state index in [2.05, 4.69) is 0 Å². The maximum atomic E-state index is 11.9. The molecule has 0 aromatic carbocycles. The van der Waals surface area contributed by atoms with Crippen molar-refractivity contribution in [2.45, 2.75) is 45.3 Å². The Bertz CT molecular complexity index is 358. The molecule has 1 saturated heterocycles. The van der Waals surface area contributed by atoms with Gasteiger partial charge in [-0.05, 0) is 20.8 Å². The molecule has 0 saturated carbocycles. The normalized spacial score (nSPS) is 21.1. The van der Waals surface area contributed by atoms with E-state index >= 15 is 0 Å². The van der Waals surface area contributed by atoms with Gasteiger partial charge < -0.3 is 9.47 Å². The molecule has 18 heavy (non-hydrogen) atoms. The molecule has 1 fully saturated rings. The number of Topliss-reactive ketones (excluding diaryl/α,β-unsaturated/α-hetero) is 1. The largest absolute Gasteiger partial charge is 0.443 e. The highest BCUT2D eigenvalue weighted by molar-refractivity contribution is 6.06. The summed E-state index contributed by atoms with van der Waals surface area (Å²) in [5, 5.41) is 0. The molecule has 0 bridgehead atoms. The van der Waals surface area contributed by atoms with Crippen molar-refractivity contribution in [1.82, 2.24) is 4.90 Å². The van der Waals surface area contributed by atoms with Gasteiger partial charge in [0.15, 0.2) is 0 Å². The van der Waals surface area contributed by atoms with Crippen molar-refractivity contribution in [3.05, 3.63) is 0 Å². The molecule has 0 spiro atoms. The average molecular weight is 257 g/mol. The molecular formula is C12H19NO5. The molecule has 6 heteroatoms. The first-order valence-corrected chi connectivity index (χ1v) is 5.80. The van der Waals surface area contributed by atoms with Crippen LogP contribution in [0.3, 0.4) is 0 Å². The minimum atomic E-state index is -0.720. The van der Waals surface area contributed by atoms with E-state index in [0.717, 1.165) is 4.90 Å². The van der Waals surface area contributed by atoms with Crippen molar-refractivity contribution >= 4 is 17.8 Å². The highest BCUT2D eigenvalue weighted by Crippen LogP contribution is 2.19. The van der Waals surface area contributed by atoms with E-state index in [1.54, 1.807) is 20.8 Å². The van der Waals surface area contributed by atoms with Gasteiger partial charge in [0.25, 0.3) is 0 Å². The van der Waals surface area contributed by atoms with Crippen LogP contribution in [0.25, 0.3) is 0 Å². The number of carbonyl (C=O) groups excluding carboxylic acids is 3. The molecule has 0 aliphatic carbocycles. The first kappa shape index (κ1) is 14.6. The average Bonchev–Trinajstić information content (AvgIpc) is 2.13. The van der Waals surface area contributed by atoms with Crippen LogP contribution >= 0.6 is 0 Å². The van der Waals surface area contributed by atoms with Gasteiger partial charge in [-0.2, -0.15) is 0 Å². The molecule has 1 aliphatic rings. The Morgan fingerprint density at radius 3 is 2.50 bits per heavy atom. The zero-order chi connectivity index (χ0) is 13.9. The quantitative estimate of drug-likeness (QED) is 0.693. The highest BCUT2D eigenvalue weighted by atomic mass is 16.6. The second-order valence-electron chi connectivity index (χ2n) is 5.27. The van der Waals surface area contributed by atoms with Crippen molar-refractivity contribution < 1.29 is 23.9 Å². The van der Waals surface area contributed by atoms with E-state index < -0.39 is 23.6 Å². The third-order valence-corrected chi connectivity index (χ3v) is 2.39. The summed E-state index contributed by atoms with van der Waals surface area (Å²) in [6.07, 6.45) is -0.847. The summed E-state index contributed by atoms with van der Waals surface area (Å²) in [5.41, 5.74) is -0.684. The number of hydrogen-bond donors (Lipinski definition) is 0. The summed E-state index contributed by atoms with van der Waals surface area (Å²) >= 11 is 0. The molecule has 102 valence electrons. The smallest absolute Gasteiger partial charge is 0.417 e. The topological polar surface area (TPSA) is 72.9 Å². The Labute approximate surface area is 106 Å². The van der Waals surface area contributed by atoms with Crippen molar-refractivity contribution in [1.29, 1.82) is 0 Å². The third-order valence-electron chi connectivity index (χ3n) is 2.39. The fourth-order valence-corrected chi connectivity index (χ4v) is 1.77. The molecule has 1 unspecified atom stereocenters. The number of piperidine rings is 1. The summed E-state index contributed by atoms with van der Waals surface area (Å²) in [7, 11) is 1.46. The predicted octanol–water partition coefficient (Wildman–Crippen LogP) is 1.13. The van der Waals surface area contributed by atoms with Gasteiger partial charge >= 0.3 is 6.09 Å². The van der Waals surface area contributed by atoms with Gasteiger partial charge in [0.05, 0.1) is 19.1 Å². The minimum Gasteiger partial charge on any atom is -0.443 e. The number of methoxy groups -OCH3 is 1. The Morgan fingerprint density at radius 1 is 1.39 bits per heavy atom. The SMILES string of the molecule is COCC1CC(=O)CC(=O)N1C(=O)OC(C)(C)C. The van der Waals surface area contributed by atoms with Gasteiger partial charge in [-0.25, -0.2) is 9.69 Å². The number of amides is 2. The molecule has 1 rings (SSSR count). The maximum absolute atomic E-state index is 11.9. The Balaban J connectivity index is 2.84. The van der Waals surface area contributed by atoms with Crippen LogP contribution in [-0.2, 0) is 19.1 Å². The summed E-state index contributed by atoms with van der Waals surface area (Å²) in [4.78, 5) is 36.1. The molecule has 1 aliphatic heterocycles. The zero-order valence-corrected chi connectivity index (χ0v) is 11.2. The van der Waals surface area contributed by atoms with E-state index in [1.165, 1.54) is 7.11 Å². The minimum absolute atomic E-state index is 0.124. The summed E-state index contributed by atoms with van der Waals surface area (Å²) in [5.74, 6) is -0.704. The van der Waals surface area contributed by atoms with E-state index in [4.69, 9.17) is 9.47 Å². The van der Waals surface area contributed by atoms with Crippen molar-refractivity contribution in [3.63, 3.8) is 0 Å². The number of ketones is 1. The number of carbonyl (C=O) groups is 3. The molecule has 1 atom stereocenters. The Morgan fingerprint density at radius 2 is 2.00 bits per heavy atom. The van der Waals surface area contributed by atoms with Gasteiger partial charge in [-0.1, -0.05) is 0 Å². The van der Waals surface area contributed by atoms with E-state index in [1.807, 2.05) is 0 Å². The Kier molecular flexibility index (Phi) is 4.45. The van der Waals surface area contributed by atoms with Crippen molar-refractivity contribution in [3.8, 4) is 0 Å². The standard InChI is InChI=1S/C12H19NO5/c1-12(2,3)18-11(16)13-8(7-17-4)5-9(14)6-10(13)15/h8H,5-7H2,1-4H3. The lowest BCUT2D eigenvalue weighted by Gasteiger charge is -2.34. The van der Waals surface area contributed by atoms with Gasteiger partial charge in [0.2, 0.25) is 5.91 Å². The van der Waals surface area contributed by atoms with Crippen LogP contribution in [0.2, 0.25) is 0 Å². The molecule has 0 aromatic rings. The van der Waals surface area contributed by atoms with E-state index in [0.29, 0.717) is 0 Å². The lowest BCUT2D eigenvalue weighted by molar-refractivity contribution is -0.142. The predicted molar refractivity (Wildman–Crippen MR) is 63.0 cm³/mol. The Hall–Kier alpha value is -1.43. The second kappa shape index (κ2) is 5.48. The number of ether oxygens (including phenoxy) is 2. The second-order valence-corrected chi connectivity index (χ2v) is 5.27. The molecular weight excluding hydrogens is 238 g/mol. The van der Waals surface area contributed by atoms with Crippen LogP contribution < -0.4 is 0 Å². The summed E-state index contributed by atoms with van der Waals surface area (Å²) in [6.45, 7) is 5.29. The van der Waals surface area contributed by atoms with Gasteiger partial charge in [0, 0.05) is 13.5 Å². The van der Waals surface area contributed by atoms with Gasteiger partial charge in [-0.3, -0.25) is 9.59 Å². The van der Waals surface area contributed by atoms with Crippen LogP contribution in [0.15, 0.2) is 0 Å². The molecule has 6 nitrogen and oxygen atoms in total. The zero-order valence-electron chi connectivity index (χ0n) is 11.2. The number of imide groups is 1. The lowest BCUT2D eigenvalue weighted by Crippen LogP contribution is -2.53. The molecule has 0 N–H and O–H groups in total. The highest BCUT2D eigenvalue weighted by Gasteiger charge is 2.39. The van der Waals surface area contributed by atoms with Crippen molar-refractivity contribution in [2.75, 3.05) is 13.7 Å². The van der Waals surface area contributed by atoms with E-state index in [9.17, 15) is 14.4 Å². The molecule has 2 amide bonds. The molecule has 0 aromatic heterocycles. The number of hydrogen-bond acceptors (Lipinski definition) is 5. The number of likely N-dealkylation sites (tertiary alicyclic amines) is 1. The fraction of sp³-hybridized carbons (Fsp3) is 0.750. The maximum Gasteiger partial charge on any atom is 0.417 e. The lowest BCUT2D eigenvalue weighted by atomic mass is 10.0.